The summed E-state index contributed by atoms with van der Waals surface area (Å²) in [5.74, 6) is 2.67. The van der Waals surface area contributed by atoms with Crippen LogP contribution in [0.25, 0.3) is 0 Å². The molecule has 6 heteroatoms. The van der Waals surface area contributed by atoms with E-state index < -0.39 is 0 Å². The van der Waals surface area contributed by atoms with Crippen molar-refractivity contribution in [2.45, 2.75) is 44.1 Å². The summed E-state index contributed by atoms with van der Waals surface area (Å²) in [7, 11) is 0. The first-order chi connectivity index (χ1) is 11.5. The molecular weight excluding hydrogens is 361 g/mol. The molecule has 5 rings (SSSR count). The third kappa shape index (κ3) is 3.42. The number of hydrogen-bond acceptors (Lipinski definition) is 2. The van der Waals surface area contributed by atoms with E-state index in [1.54, 1.807) is 18.3 Å². The van der Waals surface area contributed by atoms with Crippen LogP contribution in [0.5, 0.6) is 0 Å². The molecule has 0 unspecified atom stereocenters. The lowest BCUT2D eigenvalue weighted by molar-refractivity contribution is -0.0101. The Labute approximate surface area is 158 Å². The fourth-order valence-electron chi connectivity index (χ4n) is 5.30. The van der Waals surface area contributed by atoms with Crippen LogP contribution >= 0.6 is 35.4 Å². The topological polar surface area (TPSA) is 36.4 Å². The second kappa shape index (κ2) is 6.47. The van der Waals surface area contributed by atoms with E-state index in [2.05, 4.69) is 15.8 Å². The first kappa shape index (κ1) is 16.6. The minimum Gasteiger partial charge on any atom is -0.356 e. The third-order valence-corrected chi connectivity index (χ3v) is 6.50. The van der Waals surface area contributed by atoms with Crippen LogP contribution < -0.4 is 10.7 Å². The monoisotopic (exact) mass is 381 g/mol. The minimum absolute atomic E-state index is 0.201. The van der Waals surface area contributed by atoms with Crippen molar-refractivity contribution in [3.8, 4) is 0 Å². The molecular formula is C18H21Cl2N3S. The Morgan fingerprint density at radius 1 is 1.12 bits per heavy atom. The number of halogens is 2. The quantitative estimate of drug-likeness (QED) is 0.450. The van der Waals surface area contributed by atoms with Gasteiger partial charge in [-0.25, -0.2) is 0 Å². The zero-order valence-corrected chi connectivity index (χ0v) is 15.7. The number of nitrogens with one attached hydrogen (secondary N) is 2. The predicted octanol–water partition coefficient (Wildman–Crippen LogP) is 4.76. The molecule has 0 aromatic heterocycles. The van der Waals surface area contributed by atoms with E-state index in [1.165, 1.54) is 38.5 Å². The normalized spacial score (nSPS) is 33.8. The molecule has 0 saturated heterocycles. The summed E-state index contributed by atoms with van der Waals surface area (Å²) in [5.41, 5.74) is 3.96. The van der Waals surface area contributed by atoms with Gasteiger partial charge in [-0.05, 0) is 80.6 Å². The predicted molar refractivity (Wildman–Crippen MR) is 104 cm³/mol. The number of benzene rings is 1. The first-order valence-electron chi connectivity index (χ1n) is 8.58. The first-order valence-corrected chi connectivity index (χ1v) is 9.74. The van der Waals surface area contributed by atoms with Crippen molar-refractivity contribution in [3.05, 3.63) is 33.8 Å². The van der Waals surface area contributed by atoms with Gasteiger partial charge in [-0.15, -0.1) is 0 Å². The van der Waals surface area contributed by atoms with Crippen molar-refractivity contribution in [3.63, 3.8) is 0 Å². The molecule has 4 aliphatic carbocycles. The maximum atomic E-state index is 6.14. The molecule has 128 valence electrons. The second-order valence-electron chi connectivity index (χ2n) is 7.69. The maximum Gasteiger partial charge on any atom is 0.187 e. The van der Waals surface area contributed by atoms with Gasteiger partial charge in [0.15, 0.2) is 5.11 Å². The van der Waals surface area contributed by atoms with Crippen LogP contribution in [0, 0.1) is 17.8 Å². The smallest absolute Gasteiger partial charge is 0.187 e. The van der Waals surface area contributed by atoms with Crippen molar-refractivity contribution in [1.29, 1.82) is 0 Å². The summed E-state index contributed by atoms with van der Waals surface area (Å²) in [4.78, 5) is 0. The fourth-order valence-corrected chi connectivity index (χ4v) is 6.03. The van der Waals surface area contributed by atoms with Crippen LogP contribution in [0.3, 0.4) is 0 Å². The molecule has 4 bridgehead atoms. The molecule has 1 aromatic rings. The molecule has 3 nitrogen and oxygen atoms in total. The fraction of sp³-hybridized carbons (Fsp3) is 0.556. The highest BCUT2D eigenvalue weighted by Gasteiger charge is 2.51. The van der Waals surface area contributed by atoms with Crippen molar-refractivity contribution >= 4 is 46.7 Å². The van der Waals surface area contributed by atoms with Crippen LogP contribution in [0.4, 0.5) is 0 Å². The summed E-state index contributed by atoms with van der Waals surface area (Å²) in [6.07, 6.45) is 9.72. The number of hydrazone groups is 1. The van der Waals surface area contributed by atoms with E-state index in [-0.39, 0.29) is 5.54 Å². The van der Waals surface area contributed by atoms with Crippen molar-refractivity contribution < 1.29 is 0 Å². The molecule has 0 atom stereocenters. The Morgan fingerprint density at radius 2 is 1.75 bits per heavy atom. The van der Waals surface area contributed by atoms with E-state index in [1.807, 2.05) is 6.07 Å². The Hall–Kier alpha value is -0.840. The zero-order valence-electron chi connectivity index (χ0n) is 13.4. The van der Waals surface area contributed by atoms with Gasteiger partial charge < -0.3 is 5.32 Å². The lowest BCUT2D eigenvalue weighted by Crippen LogP contribution is -2.61. The van der Waals surface area contributed by atoms with E-state index in [9.17, 15) is 0 Å². The second-order valence-corrected chi connectivity index (χ2v) is 8.94. The summed E-state index contributed by atoms with van der Waals surface area (Å²) in [6, 6.07) is 5.34. The summed E-state index contributed by atoms with van der Waals surface area (Å²) < 4.78 is 0. The lowest BCUT2D eigenvalue weighted by Gasteiger charge is -2.57. The molecule has 0 amide bonds. The highest BCUT2D eigenvalue weighted by atomic mass is 35.5. The van der Waals surface area contributed by atoms with Gasteiger partial charge in [0.05, 0.1) is 11.2 Å². The standard InChI is InChI=1S/C18H21Cl2N3S/c19-15-2-1-14(16(20)6-15)10-21-23-17(24)22-18-7-11-3-12(8-18)5-13(4-11)9-18/h1-2,6,10-13H,3-5,7-9H2,(H2,22,23,24)/b21-10+. The van der Waals surface area contributed by atoms with Crippen molar-refractivity contribution in [2.24, 2.45) is 22.9 Å². The van der Waals surface area contributed by atoms with Gasteiger partial charge in [-0.3, -0.25) is 5.43 Å². The van der Waals surface area contributed by atoms with Gasteiger partial charge in [0.1, 0.15) is 0 Å². The largest absolute Gasteiger partial charge is 0.356 e. The van der Waals surface area contributed by atoms with Crippen LogP contribution in [0.1, 0.15) is 44.1 Å². The Morgan fingerprint density at radius 3 is 2.33 bits per heavy atom. The SMILES string of the molecule is S=C(N/N=C/c1ccc(Cl)cc1Cl)NC12CC3CC(CC(C3)C1)C2. The molecule has 1 aromatic carbocycles. The summed E-state index contributed by atoms with van der Waals surface area (Å²) >= 11 is 17.5. The van der Waals surface area contributed by atoms with Crippen LogP contribution in [-0.2, 0) is 0 Å². The Balaban J connectivity index is 1.36. The summed E-state index contributed by atoms with van der Waals surface area (Å²) in [5, 5.41) is 9.61. The van der Waals surface area contributed by atoms with Gasteiger partial charge in [0.25, 0.3) is 0 Å². The van der Waals surface area contributed by atoms with E-state index in [0.29, 0.717) is 15.2 Å². The molecule has 4 saturated carbocycles. The zero-order chi connectivity index (χ0) is 16.7. The molecule has 24 heavy (non-hydrogen) atoms. The van der Waals surface area contributed by atoms with Gasteiger partial charge >= 0.3 is 0 Å². The number of rotatable bonds is 3. The van der Waals surface area contributed by atoms with Crippen molar-refractivity contribution in [1.82, 2.24) is 10.7 Å². The van der Waals surface area contributed by atoms with E-state index in [0.717, 1.165) is 23.3 Å². The van der Waals surface area contributed by atoms with Gasteiger partial charge in [0, 0.05) is 16.1 Å². The highest BCUT2D eigenvalue weighted by molar-refractivity contribution is 7.80. The van der Waals surface area contributed by atoms with Crippen LogP contribution in [-0.4, -0.2) is 16.9 Å². The van der Waals surface area contributed by atoms with Crippen LogP contribution in [0.2, 0.25) is 10.0 Å². The summed E-state index contributed by atoms with van der Waals surface area (Å²) in [6.45, 7) is 0. The molecule has 0 radical (unpaired) electrons. The third-order valence-electron chi connectivity index (χ3n) is 5.75. The number of thiocarbonyl (C=S) groups is 1. The Kier molecular flexibility index (Phi) is 4.48. The molecule has 0 aliphatic heterocycles. The van der Waals surface area contributed by atoms with E-state index >= 15 is 0 Å². The van der Waals surface area contributed by atoms with Crippen LogP contribution in [0.15, 0.2) is 23.3 Å². The highest BCUT2D eigenvalue weighted by Crippen LogP contribution is 2.55. The Bertz CT molecular complexity index is 654. The van der Waals surface area contributed by atoms with Gasteiger partial charge in [0.2, 0.25) is 0 Å². The van der Waals surface area contributed by atoms with Crippen molar-refractivity contribution in [2.75, 3.05) is 0 Å². The molecule has 4 fully saturated rings. The molecule has 0 spiro atoms. The average molecular weight is 382 g/mol. The number of nitrogens with zero attached hydrogens (tertiary/aromatic N) is 1. The molecule has 4 aliphatic rings. The minimum atomic E-state index is 0.201. The van der Waals surface area contributed by atoms with Gasteiger partial charge in [-0.1, -0.05) is 29.3 Å². The maximum absolute atomic E-state index is 6.14. The molecule has 2 N–H and O–H groups in total. The lowest BCUT2D eigenvalue weighted by atomic mass is 9.53. The number of hydrogen-bond donors (Lipinski definition) is 2. The molecule has 0 heterocycles. The average Bonchev–Trinajstić information content (AvgIpc) is 2.47. The van der Waals surface area contributed by atoms with Gasteiger partial charge in [-0.2, -0.15) is 5.10 Å². The van der Waals surface area contributed by atoms with E-state index in [4.69, 9.17) is 35.4 Å².